The Labute approximate surface area is 124 Å². The molecule has 1 aromatic carbocycles. The molecule has 2 amide bonds. The molecular weight excluding hydrogens is 322 g/mol. The van der Waals surface area contributed by atoms with Crippen LogP contribution < -0.4 is 10.9 Å². The summed E-state index contributed by atoms with van der Waals surface area (Å²) >= 11 is 3.38. The maximum Gasteiger partial charge on any atom is 0.286 e. The number of benzene rings is 1. The van der Waals surface area contributed by atoms with Gasteiger partial charge >= 0.3 is 0 Å². The maximum absolute atomic E-state index is 11.6. The lowest BCUT2D eigenvalue weighted by atomic mass is 10.1. The van der Waals surface area contributed by atoms with Crippen LogP contribution in [0.3, 0.4) is 0 Å². The van der Waals surface area contributed by atoms with Gasteiger partial charge in [-0.2, -0.15) is 0 Å². The molecule has 0 spiro atoms. The summed E-state index contributed by atoms with van der Waals surface area (Å²) in [6.07, 6.45) is 2.56. The fourth-order valence-corrected chi connectivity index (χ4v) is 2.12. The number of hydrogen-bond acceptors (Lipinski definition) is 2. The van der Waals surface area contributed by atoms with E-state index in [1.165, 1.54) is 0 Å². The van der Waals surface area contributed by atoms with E-state index in [4.69, 9.17) is 0 Å². The lowest BCUT2D eigenvalue weighted by Crippen LogP contribution is -2.41. The molecule has 6 heteroatoms. The minimum absolute atomic E-state index is 0.232. The Morgan fingerprint density at radius 3 is 2.70 bits per heavy atom. The number of aromatic nitrogens is 1. The van der Waals surface area contributed by atoms with Gasteiger partial charge in [0.05, 0.1) is 0 Å². The molecule has 0 aliphatic carbocycles. The molecule has 2 aromatic rings. The molecule has 1 aromatic heterocycles. The molecule has 104 valence electrons. The molecule has 3 N–H and O–H groups in total. The zero-order chi connectivity index (χ0) is 14.4. The number of hydrazine groups is 1. The van der Waals surface area contributed by atoms with Gasteiger partial charge in [0, 0.05) is 17.1 Å². The zero-order valence-corrected chi connectivity index (χ0v) is 12.2. The molecule has 0 radical (unpaired) electrons. The molecule has 0 aliphatic rings. The number of amides is 2. The number of carbonyl (C=O) groups excluding carboxylic acids is 2. The van der Waals surface area contributed by atoms with Crippen LogP contribution in [-0.4, -0.2) is 16.8 Å². The van der Waals surface area contributed by atoms with E-state index in [0.717, 1.165) is 10.0 Å². The average Bonchev–Trinajstić information content (AvgIpc) is 2.97. The van der Waals surface area contributed by atoms with E-state index in [1.807, 2.05) is 24.3 Å². The largest absolute Gasteiger partial charge is 0.357 e. The second kappa shape index (κ2) is 6.91. The molecule has 2 rings (SSSR count). The normalized spacial score (nSPS) is 10.1. The van der Waals surface area contributed by atoms with E-state index < -0.39 is 0 Å². The Morgan fingerprint density at radius 1 is 1.15 bits per heavy atom. The topological polar surface area (TPSA) is 74.0 Å². The summed E-state index contributed by atoms with van der Waals surface area (Å²) in [7, 11) is 0. The predicted octanol–water partition coefficient (Wildman–Crippen LogP) is 2.17. The van der Waals surface area contributed by atoms with Crippen molar-refractivity contribution in [1.82, 2.24) is 15.8 Å². The number of H-pyrrole nitrogens is 1. The molecule has 0 aliphatic heterocycles. The maximum atomic E-state index is 11.6. The van der Waals surface area contributed by atoms with Crippen LogP contribution in [0.2, 0.25) is 0 Å². The summed E-state index contributed by atoms with van der Waals surface area (Å²) in [5.74, 6) is -0.601. The number of hydrogen-bond donors (Lipinski definition) is 3. The highest BCUT2D eigenvalue weighted by Gasteiger charge is 2.07. The second-order valence-electron chi connectivity index (χ2n) is 4.22. The number of carbonyl (C=O) groups is 2. The minimum atomic E-state index is -0.370. The quantitative estimate of drug-likeness (QED) is 0.749. The molecule has 1 heterocycles. The number of aryl methyl sites for hydroxylation is 1. The van der Waals surface area contributed by atoms with Gasteiger partial charge in [0.2, 0.25) is 5.91 Å². The predicted molar refractivity (Wildman–Crippen MR) is 78.9 cm³/mol. The lowest BCUT2D eigenvalue weighted by Gasteiger charge is -2.06. The third-order valence-corrected chi connectivity index (χ3v) is 3.18. The third kappa shape index (κ3) is 4.24. The number of rotatable bonds is 4. The van der Waals surface area contributed by atoms with Gasteiger partial charge in [-0.3, -0.25) is 20.4 Å². The highest BCUT2D eigenvalue weighted by Crippen LogP contribution is 2.12. The van der Waals surface area contributed by atoms with Gasteiger partial charge < -0.3 is 4.98 Å². The average molecular weight is 336 g/mol. The van der Waals surface area contributed by atoms with Crippen LogP contribution in [0.1, 0.15) is 22.5 Å². The molecule has 0 saturated heterocycles. The molecular formula is C14H14BrN3O2. The summed E-state index contributed by atoms with van der Waals surface area (Å²) in [5, 5.41) is 0. The Morgan fingerprint density at radius 2 is 2.00 bits per heavy atom. The Kier molecular flexibility index (Phi) is 4.95. The van der Waals surface area contributed by atoms with Crippen molar-refractivity contribution in [3.8, 4) is 0 Å². The first kappa shape index (κ1) is 14.3. The Bertz CT molecular complexity index is 596. The van der Waals surface area contributed by atoms with Gasteiger partial charge in [-0.15, -0.1) is 0 Å². The Balaban J connectivity index is 1.74. The van der Waals surface area contributed by atoms with E-state index in [0.29, 0.717) is 18.5 Å². The van der Waals surface area contributed by atoms with Crippen LogP contribution in [0, 0.1) is 0 Å². The third-order valence-electron chi connectivity index (χ3n) is 2.69. The molecule has 0 unspecified atom stereocenters. The van der Waals surface area contributed by atoms with Crippen LogP contribution in [-0.2, 0) is 11.2 Å². The second-order valence-corrected chi connectivity index (χ2v) is 5.13. The van der Waals surface area contributed by atoms with Crippen molar-refractivity contribution < 1.29 is 9.59 Å². The highest BCUT2D eigenvalue weighted by molar-refractivity contribution is 9.10. The molecule has 20 heavy (non-hydrogen) atoms. The Hall–Kier alpha value is -2.08. The van der Waals surface area contributed by atoms with Gasteiger partial charge in [0.15, 0.2) is 0 Å². The monoisotopic (exact) mass is 335 g/mol. The number of nitrogens with one attached hydrogen (secondary N) is 3. The fourth-order valence-electron chi connectivity index (χ4n) is 1.68. The van der Waals surface area contributed by atoms with Crippen molar-refractivity contribution in [2.24, 2.45) is 0 Å². The first-order valence-corrected chi connectivity index (χ1v) is 6.91. The van der Waals surface area contributed by atoms with E-state index in [-0.39, 0.29) is 11.8 Å². The van der Waals surface area contributed by atoms with Crippen LogP contribution in [0.4, 0.5) is 0 Å². The molecule has 0 atom stereocenters. The standard InChI is InChI=1S/C14H14BrN3O2/c15-11-4-1-3-10(9-11)6-7-13(19)17-18-14(20)12-5-2-8-16-12/h1-5,8-9,16H,6-7H2,(H,17,19)(H,18,20). The van der Waals surface area contributed by atoms with E-state index in [2.05, 4.69) is 31.8 Å². The molecule has 0 fully saturated rings. The summed E-state index contributed by atoms with van der Waals surface area (Å²) in [6, 6.07) is 11.1. The first-order valence-electron chi connectivity index (χ1n) is 6.12. The van der Waals surface area contributed by atoms with Gasteiger partial charge in [-0.25, -0.2) is 0 Å². The summed E-state index contributed by atoms with van der Waals surface area (Å²) in [4.78, 5) is 25.9. The van der Waals surface area contributed by atoms with Crippen LogP contribution in [0.5, 0.6) is 0 Å². The van der Waals surface area contributed by atoms with Crippen molar-refractivity contribution >= 4 is 27.7 Å². The zero-order valence-electron chi connectivity index (χ0n) is 10.7. The lowest BCUT2D eigenvalue weighted by molar-refractivity contribution is -0.121. The summed E-state index contributed by atoms with van der Waals surface area (Å²) in [6.45, 7) is 0. The molecule has 5 nitrogen and oxygen atoms in total. The highest BCUT2D eigenvalue weighted by atomic mass is 79.9. The van der Waals surface area contributed by atoms with Crippen molar-refractivity contribution in [2.45, 2.75) is 12.8 Å². The van der Waals surface area contributed by atoms with Crippen molar-refractivity contribution in [1.29, 1.82) is 0 Å². The van der Waals surface area contributed by atoms with Crippen molar-refractivity contribution in [2.75, 3.05) is 0 Å². The van der Waals surface area contributed by atoms with Gasteiger partial charge in [-0.05, 0) is 36.2 Å². The SMILES string of the molecule is O=C(CCc1cccc(Br)c1)NNC(=O)c1ccc[nH]1. The number of aromatic amines is 1. The van der Waals surface area contributed by atoms with Crippen LogP contribution in [0.25, 0.3) is 0 Å². The summed E-state index contributed by atoms with van der Waals surface area (Å²) < 4.78 is 0.982. The number of halogens is 1. The van der Waals surface area contributed by atoms with Gasteiger partial charge in [0.25, 0.3) is 5.91 Å². The molecule has 0 saturated carbocycles. The summed E-state index contributed by atoms with van der Waals surface area (Å²) in [5.41, 5.74) is 6.20. The van der Waals surface area contributed by atoms with Crippen molar-refractivity contribution in [3.05, 3.63) is 58.3 Å². The first-order chi connectivity index (χ1) is 9.65. The van der Waals surface area contributed by atoms with Gasteiger partial charge in [-0.1, -0.05) is 28.1 Å². The van der Waals surface area contributed by atoms with Crippen LogP contribution >= 0.6 is 15.9 Å². The van der Waals surface area contributed by atoms with E-state index >= 15 is 0 Å². The minimum Gasteiger partial charge on any atom is -0.357 e. The van der Waals surface area contributed by atoms with Gasteiger partial charge in [0.1, 0.15) is 5.69 Å². The van der Waals surface area contributed by atoms with E-state index in [1.54, 1.807) is 18.3 Å². The van der Waals surface area contributed by atoms with Crippen molar-refractivity contribution in [3.63, 3.8) is 0 Å². The fraction of sp³-hybridized carbons (Fsp3) is 0.143. The van der Waals surface area contributed by atoms with E-state index in [9.17, 15) is 9.59 Å². The van der Waals surface area contributed by atoms with Crippen LogP contribution in [0.15, 0.2) is 47.1 Å². The molecule has 0 bridgehead atoms. The smallest absolute Gasteiger partial charge is 0.286 e.